The van der Waals surface area contributed by atoms with Gasteiger partial charge < -0.3 is 9.42 Å². The number of nitrogens with zero attached hydrogens (tertiary/aromatic N) is 5. The van der Waals surface area contributed by atoms with Crippen molar-refractivity contribution in [3.63, 3.8) is 0 Å². The summed E-state index contributed by atoms with van der Waals surface area (Å²) in [6, 6.07) is 10.2. The lowest BCUT2D eigenvalue weighted by atomic mass is 9.89. The normalized spacial score (nSPS) is 19.6. The van der Waals surface area contributed by atoms with Crippen LogP contribution in [-0.2, 0) is 6.42 Å². The van der Waals surface area contributed by atoms with E-state index in [2.05, 4.69) is 38.8 Å². The van der Waals surface area contributed by atoms with Crippen LogP contribution >= 0.6 is 11.5 Å². The maximum absolute atomic E-state index is 13.2. The first-order valence-corrected chi connectivity index (χ1v) is 9.90. The van der Waals surface area contributed by atoms with Crippen molar-refractivity contribution in [2.24, 2.45) is 0 Å². The van der Waals surface area contributed by atoms with Crippen LogP contribution in [0.5, 0.6) is 0 Å². The Morgan fingerprint density at radius 3 is 2.74 bits per heavy atom. The Labute approximate surface area is 161 Å². The lowest BCUT2D eigenvalue weighted by Gasteiger charge is -2.16. The van der Waals surface area contributed by atoms with Gasteiger partial charge in [-0.3, -0.25) is 4.79 Å². The molecule has 140 valence electrons. The highest BCUT2D eigenvalue weighted by Crippen LogP contribution is 2.39. The summed E-state index contributed by atoms with van der Waals surface area (Å²) >= 11 is 1.18. The van der Waals surface area contributed by atoms with Gasteiger partial charge in [-0.1, -0.05) is 53.3 Å². The summed E-state index contributed by atoms with van der Waals surface area (Å²) in [4.78, 5) is 20.1. The second-order valence-electron chi connectivity index (χ2n) is 6.81. The van der Waals surface area contributed by atoms with Crippen LogP contribution < -0.4 is 0 Å². The van der Waals surface area contributed by atoms with Crippen LogP contribution in [0.1, 0.15) is 57.8 Å². The molecule has 4 rings (SSSR count). The third kappa shape index (κ3) is 3.49. The summed E-state index contributed by atoms with van der Waals surface area (Å²) in [7, 11) is 0. The molecule has 2 unspecified atom stereocenters. The van der Waals surface area contributed by atoms with Crippen LogP contribution in [0.2, 0.25) is 0 Å². The molecule has 0 saturated carbocycles. The monoisotopic (exact) mass is 383 g/mol. The van der Waals surface area contributed by atoms with Gasteiger partial charge in [-0.05, 0) is 30.4 Å². The zero-order valence-electron chi connectivity index (χ0n) is 15.3. The molecule has 0 aliphatic carbocycles. The van der Waals surface area contributed by atoms with Gasteiger partial charge in [0.15, 0.2) is 5.82 Å². The molecular weight excluding hydrogens is 362 g/mol. The number of aromatic nitrogens is 4. The van der Waals surface area contributed by atoms with Crippen molar-refractivity contribution in [2.45, 2.75) is 38.5 Å². The summed E-state index contributed by atoms with van der Waals surface area (Å²) in [6.45, 7) is 5.03. The zero-order valence-corrected chi connectivity index (χ0v) is 16.1. The van der Waals surface area contributed by atoms with Gasteiger partial charge in [-0.25, -0.2) is 0 Å². The largest absolute Gasteiger partial charge is 0.339 e. The summed E-state index contributed by atoms with van der Waals surface area (Å²) in [6.07, 6.45) is 1.70. The van der Waals surface area contributed by atoms with Crippen molar-refractivity contribution in [1.82, 2.24) is 24.6 Å². The number of aryl methyl sites for hydroxylation is 2. The lowest BCUT2D eigenvalue weighted by Crippen LogP contribution is -2.29. The van der Waals surface area contributed by atoms with Crippen LogP contribution in [0.25, 0.3) is 0 Å². The highest BCUT2D eigenvalue weighted by Gasteiger charge is 2.41. The second kappa shape index (κ2) is 7.56. The smallest absolute Gasteiger partial charge is 0.267 e. The van der Waals surface area contributed by atoms with Crippen LogP contribution in [0, 0.1) is 6.92 Å². The zero-order chi connectivity index (χ0) is 18.8. The molecule has 1 amide bonds. The maximum Gasteiger partial charge on any atom is 0.267 e. The van der Waals surface area contributed by atoms with E-state index in [1.165, 1.54) is 17.1 Å². The van der Waals surface area contributed by atoms with E-state index < -0.39 is 0 Å². The molecule has 3 aromatic rings. The van der Waals surface area contributed by atoms with Gasteiger partial charge in [0.05, 0.1) is 11.6 Å². The Kier molecular flexibility index (Phi) is 4.98. The Balaban J connectivity index is 1.64. The van der Waals surface area contributed by atoms with Crippen molar-refractivity contribution in [3.05, 3.63) is 58.2 Å². The van der Waals surface area contributed by atoms with Crippen LogP contribution in [0.3, 0.4) is 0 Å². The molecule has 2 atom stereocenters. The Morgan fingerprint density at radius 1 is 1.26 bits per heavy atom. The molecule has 8 heteroatoms. The van der Waals surface area contributed by atoms with E-state index in [0.29, 0.717) is 29.7 Å². The summed E-state index contributed by atoms with van der Waals surface area (Å²) in [5.41, 5.74) is 1.96. The molecule has 1 fully saturated rings. The Hall–Kier alpha value is -2.61. The first kappa shape index (κ1) is 17.8. The summed E-state index contributed by atoms with van der Waals surface area (Å²) in [5, 5.41) is 8.08. The predicted octanol–water partition coefficient (Wildman–Crippen LogP) is 3.21. The first-order valence-electron chi connectivity index (χ1n) is 9.13. The fourth-order valence-corrected chi connectivity index (χ4v) is 4.31. The molecule has 1 aliphatic heterocycles. The van der Waals surface area contributed by atoms with Gasteiger partial charge >= 0.3 is 0 Å². The molecule has 0 radical (unpaired) electrons. The van der Waals surface area contributed by atoms with E-state index in [0.717, 1.165) is 18.5 Å². The van der Waals surface area contributed by atoms with Crippen LogP contribution in [0.4, 0.5) is 0 Å². The van der Waals surface area contributed by atoms with Gasteiger partial charge in [-0.15, -0.1) is 5.10 Å². The van der Waals surface area contributed by atoms with E-state index in [4.69, 9.17) is 4.52 Å². The Bertz CT molecular complexity index is 923. The van der Waals surface area contributed by atoms with E-state index in [1.807, 2.05) is 30.0 Å². The molecule has 0 N–H and O–H groups in total. The number of hydrogen-bond acceptors (Lipinski definition) is 7. The molecule has 2 aromatic heterocycles. The third-order valence-electron chi connectivity index (χ3n) is 4.93. The van der Waals surface area contributed by atoms with Gasteiger partial charge in [0.25, 0.3) is 5.91 Å². The second-order valence-corrected chi connectivity index (χ2v) is 7.57. The SMILES string of the molecule is CCCc1nnsc1C(=O)N1CC(c2ccccc2)C(c2nc(C)no2)C1. The van der Waals surface area contributed by atoms with E-state index in [9.17, 15) is 4.79 Å². The minimum Gasteiger partial charge on any atom is -0.339 e. The molecular formula is C19H21N5O2S. The van der Waals surface area contributed by atoms with E-state index in [-0.39, 0.29) is 17.7 Å². The average Bonchev–Trinajstić information content (AvgIpc) is 3.41. The van der Waals surface area contributed by atoms with Gasteiger partial charge in [0.1, 0.15) is 4.88 Å². The van der Waals surface area contributed by atoms with Crippen molar-refractivity contribution < 1.29 is 9.32 Å². The van der Waals surface area contributed by atoms with E-state index >= 15 is 0 Å². The molecule has 7 nitrogen and oxygen atoms in total. The number of likely N-dealkylation sites (tertiary alicyclic amines) is 1. The quantitative estimate of drug-likeness (QED) is 0.673. The molecule has 27 heavy (non-hydrogen) atoms. The molecule has 0 bridgehead atoms. The summed E-state index contributed by atoms with van der Waals surface area (Å²) < 4.78 is 9.45. The first-order chi connectivity index (χ1) is 13.2. The van der Waals surface area contributed by atoms with Gasteiger partial charge in [0.2, 0.25) is 5.89 Å². The van der Waals surface area contributed by atoms with Gasteiger partial charge in [0, 0.05) is 19.0 Å². The predicted molar refractivity (Wildman–Crippen MR) is 101 cm³/mol. The number of amides is 1. The average molecular weight is 383 g/mol. The number of hydrogen-bond donors (Lipinski definition) is 0. The number of carbonyl (C=O) groups excluding carboxylic acids is 1. The van der Waals surface area contributed by atoms with Crippen molar-refractivity contribution in [1.29, 1.82) is 0 Å². The molecule has 1 saturated heterocycles. The van der Waals surface area contributed by atoms with Crippen molar-refractivity contribution in [2.75, 3.05) is 13.1 Å². The summed E-state index contributed by atoms with van der Waals surface area (Å²) in [5.74, 6) is 1.29. The fourth-order valence-electron chi connectivity index (χ4n) is 3.64. The Morgan fingerprint density at radius 2 is 2.04 bits per heavy atom. The maximum atomic E-state index is 13.2. The highest BCUT2D eigenvalue weighted by atomic mass is 32.1. The van der Waals surface area contributed by atoms with Crippen molar-refractivity contribution >= 4 is 17.4 Å². The van der Waals surface area contributed by atoms with Crippen LogP contribution in [-0.4, -0.2) is 43.6 Å². The number of carbonyl (C=O) groups is 1. The standard InChI is InChI=1S/C19H21N5O2S/c1-3-7-16-17(27-23-21-16)19(25)24-10-14(13-8-5-4-6-9-13)15(11-24)18-20-12(2)22-26-18/h4-6,8-9,14-15H,3,7,10-11H2,1-2H3. The van der Waals surface area contributed by atoms with Crippen LogP contribution in [0.15, 0.2) is 34.9 Å². The number of rotatable bonds is 5. The highest BCUT2D eigenvalue weighted by molar-refractivity contribution is 7.08. The topological polar surface area (TPSA) is 85.0 Å². The van der Waals surface area contributed by atoms with Gasteiger partial charge in [-0.2, -0.15) is 4.98 Å². The lowest BCUT2D eigenvalue weighted by molar-refractivity contribution is 0.0791. The fraction of sp³-hybridized carbons (Fsp3) is 0.421. The molecule has 0 spiro atoms. The third-order valence-corrected chi connectivity index (χ3v) is 5.69. The molecule has 1 aliphatic rings. The minimum atomic E-state index is -0.0203. The molecule has 3 heterocycles. The minimum absolute atomic E-state index is 0.00637. The molecule has 1 aromatic carbocycles. The number of benzene rings is 1. The van der Waals surface area contributed by atoms with E-state index in [1.54, 1.807) is 0 Å². The van der Waals surface area contributed by atoms with Crippen molar-refractivity contribution in [3.8, 4) is 0 Å².